The van der Waals surface area contributed by atoms with Crippen LogP contribution in [0.3, 0.4) is 0 Å². The Morgan fingerprint density at radius 3 is 2.72 bits per heavy atom. The first-order valence-corrected chi connectivity index (χ1v) is 9.50. The lowest BCUT2D eigenvalue weighted by molar-refractivity contribution is -0.123. The molecule has 3 rings (SSSR count). The number of furan rings is 1. The first-order chi connectivity index (χ1) is 14.0. The average Bonchev–Trinajstić information content (AvgIpc) is 3.32. The summed E-state index contributed by atoms with van der Waals surface area (Å²) in [4.78, 5) is 25.2. The Morgan fingerprint density at radius 2 is 2.00 bits per heavy atom. The maximum Gasteiger partial charge on any atom is 0.375 e. The molecular formula is C21H25N3O5. The van der Waals surface area contributed by atoms with Crippen LogP contribution >= 0.6 is 0 Å². The highest BCUT2D eigenvalue weighted by Crippen LogP contribution is 2.27. The fraction of sp³-hybridized carbons (Fsp3) is 0.381. The molecule has 8 heteroatoms. The van der Waals surface area contributed by atoms with Crippen LogP contribution < -0.4 is 5.32 Å². The van der Waals surface area contributed by atoms with Crippen LogP contribution in [-0.2, 0) is 20.9 Å². The molecule has 1 aromatic carbocycles. The number of anilines is 1. The van der Waals surface area contributed by atoms with E-state index in [4.69, 9.17) is 13.9 Å². The summed E-state index contributed by atoms with van der Waals surface area (Å²) in [6, 6.07) is 9.10. The van der Waals surface area contributed by atoms with Gasteiger partial charge in [0, 0.05) is 24.1 Å². The number of ether oxygens (including phenoxy) is 2. The van der Waals surface area contributed by atoms with E-state index >= 15 is 0 Å². The molecular weight excluding hydrogens is 374 g/mol. The van der Waals surface area contributed by atoms with Gasteiger partial charge in [-0.3, -0.25) is 4.79 Å². The number of rotatable bonds is 8. The van der Waals surface area contributed by atoms with Gasteiger partial charge in [-0.1, -0.05) is 25.1 Å². The second kappa shape index (κ2) is 8.91. The van der Waals surface area contributed by atoms with Gasteiger partial charge in [0.15, 0.2) is 6.10 Å². The Kier molecular flexibility index (Phi) is 6.33. The van der Waals surface area contributed by atoms with Crippen molar-refractivity contribution in [3.8, 4) is 0 Å². The van der Waals surface area contributed by atoms with Gasteiger partial charge in [0.25, 0.3) is 5.91 Å². The number of benzene rings is 1. The van der Waals surface area contributed by atoms with Crippen molar-refractivity contribution in [3.05, 3.63) is 47.9 Å². The third kappa shape index (κ3) is 4.32. The van der Waals surface area contributed by atoms with Gasteiger partial charge in [-0.2, -0.15) is 5.10 Å². The van der Waals surface area contributed by atoms with Crippen LogP contribution in [0, 0.1) is 0 Å². The summed E-state index contributed by atoms with van der Waals surface area (Å²) in [5.74, 6) is -0.576. The van der Waals surface area contributed by atoms with Crippen LogP contribution in [0.2, 0.25) is 0 Å². The molecule has 0 spiro atoms. The van der Waals surface area contributed by atoms with E-state index in [0.29, 0.717) is 17.0 Å². The van der Waals surface area contributed by atoms with E-state index in [1.165, 1.54) is 14.0 Å². The summed E-state index contributed by atoms with van der Waals surface area (Å²) in [5, 5.41) is 7.76. The Labute approximate surface area is 168 Å². The fourth-order valence-corrected chi connectivity index (χ4v) is 2.98. The molecule has 0 radical (unpaired) electrons. The number of aromatic nitrogens is 2. The summed E-state index contributed by atoms with van der Waals surface area (Å²) in [6.07, 6.45) is 1.46. The molecule has 8 nitrogen and oxygen atoms in total. The topological polar surface area (TPSA) is 95.6 Å². The monoisotopic (exact) mass is 399 g/mol. The minimum Gasteiger partial charge on any atom is -0.449 e. The van der Waals surface area contributed by atoms with Crippen molar-refractivity contribution < 1.29 is 23.5 Å². The SMILES string of the molecule is CC[C@@H](C)n1nccc1NC(=O)[C@H](C)OC(=O)c1oc2ccccc2c1COC. The molecule has 0 unspecified atom stereocenters. The van der Waals surface area contributed by atoms with Crippen LogP contribution in [0.1, 0.15) is 49.4 Å². The summed E-state index contributed by atoms with van der Waals surface area (Å²) in [6.45, 7) is 5.74. The van der Waals surface area contributed by atoms with Crippen molar-refractivity contribution in [2.45, 2.75) is 45.9 Å². The van der Waals surface area contributed by atoms with Crippen LogP contribution in [-0.4, -0.2) is 34.9 Å². The van der Waals surface area contributed by atoms with Crippen molar-refractivity contribution in [1.82, 2.24) is 9.78 Å². The standard InChI is InChI=1S/C21H25N3O5/c1-5-13(2)24-18(10-11-22-24)23-20(25)14(3)28-21(26)19-16(12-27-4)15-8-6-7-9-17(15)29-19/h6-11,13-14H,5,12H2,1-4H3,(H,23,25)/t13-,14+/m1/s1. The number of para-hydroxylation sites is 1. The lowest BCUT2D eigenvalue weighted by Crippen LogP contribution is -2.31. The average molecular weight is 399 g/mol. The van der Waals surface area contributed by atoms with E-state index in [1.807, 2.05) is 32.0 Å². The molecule has 2 heterocycles. The number of esters is 1. The molecule has 3 aromatic rings. The number of methoxy groups -OCH3 is 1. The van der Waals surface area contributed by atoms with Gasteiger partial charge in [0.05, 0.1) is 18.8 Å². The van der Waals surface area contributed by atoms with Gasteiger partial charge >= 0.3 is 5.97 Å². The molecule has 0 aliphatic heterocycles. The predicted octanol–water partition coefficient (Wildman–Crippen LogP) is 3.93. The van der Waals surface area contributed by atoms with Gasteiger partial charge in [-0.25, -0.2) is 9.48 Å². The minimum atomic E-state index is -1.02. The Balaban J connectivity index is 1.74. The van der Waals surface area contributed by atoms with E-state index in [-0.39, 0.29) is 18.4 Å². The number of nitrogens with zero attached hydrogens (tertiary/aromatic N) is 2. The number of hydrogen-bond donors (Lipinski definition) is 1. The van der Waals surface area contributed by atoms with Crippen molar-refractivity contribution in [2.75, 3.05) is 12.4 Å². The van der Waals surface area contributed by atoms with Crippen LogP contribution in [0.25, 0.3) is 11.0 Å². The van der Waals surface area contributed by atoms with Crippen molar-refractivity contribution in [1.29, 1.82) is 0 Å². The highest BCUT2D eigenvalue weighted by Gasteiger charge is 2.26. The summed E-state index contributed by atoms with van der Waals surface area (Å²) in [5.41, 5.74) is 1.15. The molecule has 1 amide bonds. The molecule has 29 heavy (non-hydrogen) atoms. The molecule has 154 valence electrons. The van der Waals surface area contributed by atoms with Crippen molar-refractivity contribution in [3.63, 3.8) is 0 Å². The number of hydrogen-bond acceptors (Lipinski definition) is 6. The molecule has 0 saturated heterocycles. The number of fused-ring (bicyclic) bond motifs is 1. The zero-order valence-corrected chi connectivity index (χ0v) is 17.0. The maximum absolute atomic E-state index is 12.7. The maximum atomic E-state index is 12.7. The number of carbonyl (C=O) groups excluding carboxylic acids is 2. The van der Waals surface area contributed by atoms with Gasteiger partial charge in [-0.15, -0.1) is 0 Å². The summed E-state index contributed by atoms with van der Waals surface area (Å²) in [7, 11) is 1.54. The second-order valence-corrected chi connectivity index (χ2v) is 6.79. The third-order valence-corrected chi connectivity index (χ3v) is 4.76. The van der Waals surface area contributed by atoms with E-state index < -0.39 is 18.0 Å². The number of amides is 1. The Morgan fingerprint density at radius 1 is 1.24 bits per heavy atom. The number of carbonyl (C=O) groups is 2. The van der Waals surface area contributed by atoms with Crippen molar-refractivity contribution >= 4 is 28.7 Å². The van der Waals surface area contributed by atoms with Crippen LogP contribution in [0.15, 0.2) is 40.9 Å². The van der Waals surface area contributed by atoms with Crippen LogP contribution in [0.5, 0.6) is 0 Å². The zero-order valence-electron chi connectivity index (χ0n) is 17.0. The normalized spacial score (nSPS) is 13.2. The molecule has 2 aromatic heterocycles. The van der Waals surface area contributed by atoms with Gasteiger partial charge in [0.2, 0.25) is 5.76 Å². The fourth-order valence-electron chi connectivity index (χ4n) is 2.98. The molecule has 0 aliphatic rings. The smallest absolute Gasteiger partial charge is 0.375 e. The summed E-state index contributed by atoms with van der Waals surface area (Å²) < 4.78 is 17.9. The third-order valence-electron chi connectivity index (χ3n) is 4.76. The van der Waals surface area contributed by atoms with Crippen LogP contribution in [0.4, 0.5) is 5.82 Å². The van der Waals surface area contributed by atoms with Crippen molar-refractivity contribution in [2.24, 2.45) is 0 Å². The largest absolute Gasteiger partial charge is 0.449 e. The minimum absolute atomic E-state index is 0.0392. The molecule has 0 bridgehead atoms. The molecule has 0 aliphatic carbocycles. The number of nitrogens with one attached hydrogen (secondary N) is 1. The molecule has 2 atom stereocenters. The second-order valence-electron chi connectivity index (χ2n) is 6.79. The van der Waals surface area contributed by atoms with E-state index in [2.05, 4.69) is 10.4 Å². The quantitative estimate of drug-likeness (QED) is 0.577. The highest BCUT2D eigenvalue weighted by atomic mass is 16.6. The van der Waals surface area contributed by atoms with Gasteiger partial charge in [-0.05, 0) is 26.3 Å². The first-order valence-electron chi connectivity index (χ1n) is 9.50. The lowest BCUT2D eigenvalue weighted by atomic mass is 10.1. The lowest BCUT2D eigenvalue weighted by Gasteiger charge is -2.16. The van der Waals surface area contributed by atoms with E-state index in [1.54, 1.807) is 23.0 Å². The van der Waals surface area contributed by atoms with Gasteiger partial charge in [0.1, 0.15) is 11.4 Å². The summed E-state index contributed by atoms with van der Waals surface area (Å²) >= 11 is 0. The van der Waals surface area contributed by atoms with E-state index in [9.17, 15) is 9.59 Å². The zero-order chi connectivity index (χ0) is 21.0. The van der Waals surface area contributed by atoms with Gasteiger partial charge < -0.3 is 19.2 Å². The van der Waals surface area contributed by atoms with E-state index in [0.717, 1.165) is 11.8 Å². The molecule has 1 N–H and O–H groups in total. The first kappa shape index (κ1) is 20.6. The Hall–Kier alpha value is -3.13. The highest BCUT2D eigenvalue weighted by molar-refractivity contribution is 5.99. The predicted molar refractivity (Wildman–Crippen MR) is 108 cm³/mol. The Bertz CT molecular complexity index is 1010. The molecule has 0 saturated carbocycles. The molecule has 0 fully saturated rings.